The highest BCUT2D eigenvalue weighted by Gasteiger charge is 2.76. The third kappa shape index (κ3) is 2.99. The molecule has 5 aliphatic rings. The molecule has 0 aromatic heterocycles. The first kappa shape index (κ1) is 21.3. The summed E-state index contributed by atoms with van der Waals surface area (Å²) in [6.45, 7) is 8.30. The van der Waals surface area contributed by atoms with Crippen molar-refractivity contribution in [2.24, 2.45) is 28.6 Å². The fourth-order valence-corrected chi connectivity index (χ4v) is 7.46. The van der Waals surface area contributed by atoms with Gasteiger partial charge < -0.3 is 23.7 Å². The van der Waals surface area contributed by atoms with Gasteiger partial charge in [-0.1, -0.05) is 20.3 Å². The second-order valence-corrected chi connectivity index (χ2v) is 10.5. The summed E-state index contributed by atoms with van der Waals surface area (Å²) in [6, 6.07) is 0. The number of carbonyl (C=O) groups excluding carboxylic acids is 2. The van der Waals surface area contributed by atoms with Gasteiger partial charge in [0, 0.05) is 25.2 Å². The molecule has 7 nitrogen and oxygen atoms in total. The van der Waals surface area contributed by atoms with Crippen molar-refractivity contribution in [1.29, 1.82) is 0 Å². The molecule has 3 aliphatic heterocycles. The van der Waals surface area contributed by atoms with Gasteiger partial charge in [0.1, 0.15) is 18.3 Å². The van der Waals surface area contributed by atoms with E-state index >= 15 is 0 Å². The van der Waals surface area contributed by atoms with Crippen molar-refractivity contribution < 1.29 is 33.3 Å². The summed E-state index contributed by atoms with van der Waals surface area (Å²) in [6.07, 6.45) is 7.82. The van der Waals surface area contributed by atoms with E-state index in [0.29, 0.717) is 13.0 Å². The Hall–Kier alpha value is -1.60. The molecule has 0 radical (unpaired) electrons. The number of rotatable bonds is 4. The molecule has 0 aromatic carbocycles. The zero-order valence-corrected chi connectivity index (χ0v) is 18.9. The second kappa shape index (κ2) is 7.20. The van der Waals surface area contributed by atoms with E-state index < -0.39 is 11.0 Å². The second-order valence-electron chi connectivity index (χ2n) is 10.5. The monoisotopic (exact) mass is 434 g/mol. The van der Waals surface area contributed by atoms with E-state index in [4.69, 9.17) is 23.7 Å². The van der Waals surface area contributed by atoms with Crippen LogP contribution in [0.1, 0.15) is 59.8 Å². The first-order valence-corrected chi connectivity index (χ1v) is 11.6. The van der Waals surface area contributed by atoms with E-state index in [-0.39, 0.29) is 60.2 Å². The lowest BCUT2D eigenvalue weighted by atomic mass is 9.42. The van der Waals surface area contributed by atoms with Gasteiger partial charge in [-0.25, -0.2) is 0 Å². The average molecular weight is 435 g/mol. The molecule has 0 unspecified atom stereocenters. The standard InChI is InChI=1S/C24H34O7/c1-14-10-20(30-16(3)26)24(13-28-15(2)25)18(6-5-8-23(24)12-29-23)22(14,4)19-11-17-7-9-27-21(17)31-19/h7,9,14,17-21H,5-6,8,10-13H2,1-4H3/t14-,17+,18-,19+,20+,21-,22+,23-,24+/m1/s1. The molecule has 2 aliphatic carbocycles. The van der Waals surface area contributed by atoms with Gasteiger partial charge in [0.05, 0.1) is 24.4 Å². The minimum atomic E-state index is -0.568. The fraction of sp³-hybridized carbons (Fsp3) is 0.833. The number of epoxide rings is 1. The number of esters is 2. The van der Waals surface area contributed by atoms with Crippen LogP contribution in [-0.4, -0.2) is 49.3 Å². The van der Waals surface area contributed by atoms with Gasteiger partial charge in [-0.2, -0.15) is 0 Å². The van der Waals surface area contributed by atoms with E-state index in [1.807, 2.05) is 0 Å². The maximum atomic E-state index is 12.1. The fourth-order valence-electron chi connectivity index (χ4n) is 7.46. The van der Waals surface area contributed by atoms with Gasteiger partial charge in [0.15, 0.2) is 0 Å². The highest BCUT2D eigenvalue weighted by atomic mass is 16.7. The molecule has 0 amide bonds. The Morgan fingerprint density at radius 2 is 1.97 bits per heavy atom. The summed E-state index contributed by atoms with van der Waals surface area (Å²) in [5, 5.41) is 0. The van der Waals surface area contributed by atoms with Crippen molar-refractivity contribution in [3.63, 3.8) is 0 Å². The van der Waals surface area contributed by atoms with Crippen molar-refractivity contribution >= 4 is 11.9 Å². The summed E-state index contributed by atoms with van der Waals surface area (Å²) >= 11 is 0. The molecule has 9 atom stereocenters. The Bertz CT molecular complexity index is 789. The van der Waals surface area contributed by atoms with E-state index in [1.165, 1.54) is 13.8 Å². The van der Waals surface area contributed by atoms with Crippen LogP contribution in [0.15, 0.2) is 12.3 Å². The molecule has 3 heterocycles. The van der Waals surface area contributed by atoms with Crippen LogP contribution in [-0.2, 0) is 33.3 Å². The average Bonchev–Trinajstić information content (AvgIpc) is 3.15. The molecule has 5 rings (SSSR count). The number of hydrogen-bond acceptors (Lipinski definition) is 7. The summed E-state index contributed by atoms with van der Waals surface area (Å²) in [7, 11) is 0. The SMILES string of the molecule is CC(=O)OC[C@@]12[C@@H](OC(C)=O)C[C@@H](C)[C@](C)([C@@H]3C[C@@H]4C=CO[C@@H]4O3)[C@H]1CCC[C@@]21CO1. The molecule has 31 heavy (non-hydrogen) atoms. The van der Waals surface area contributed by atoms with Crippen molar-refractivity contribution in [3.8, 4) is 0 Å². The van der Waals surface area contributed by atoms with Crippen LogP contribution >= 0.6 is 0 Å². The van der Waals surface area contributed by atoms with Crippen molar-refractivity contribution in [2.75, 3.05) is 13.2 Å². The first-order chi connectivity index (χ1) is 14.7. The first-order valence-electron chi connectivity index (χ1n) is 11.6. The van der Waals surface area contributed by atoms with Crippen LogP contribution in [0.25, 0.3) is 0 Å². The Morgan fingerprint density at radius 3 is 2.61 bits per heavy atom. The molecular weight excluding hydrogens is 400 g/mol. The van der Waals surface area contributed by atoms with Crippen molar-refractivity contribution in [3.05, 3.63) is 12.3 Å². The molecule has 172 valence electrons. The maximum Gasteiger partial charge on any atom is 0.302 e. The number of fused-ring (bicyclic) bond motifs is 3. The summed E-state index contributed by atoms with van der Waals surface area (Å²) < 4.78 is 30.0. The summed E-state index contributed by atoms with van der Waals surface area (Å²) in [5.41, 5.74) is -1.16. The van der Waals surface area contributed by atoms with Crippen LogP contribution in [0, 0.1) is 28.6 Å². The lowest BCUT2D eigenvalue weighted by Gasteiger charge is -2.64. The Kier molecular flexibility index (Phi) is 4.94. The number of hydrogen-bond donors (Lipinski definition) is 0. The number of ether oxygens (including phenoxy) is 5. The van der Waals surface area contributed by atoms with E-state index in [9.17, 15) is 9.59 Å². The molecule has 0 bridgehead atoms. The lowest BCUT2D eigenvalue weighted by molar-refractivity contribution is -0.253. The molecule has 4 fully saturated rings. The molecule has 1 spiro atoms. The topological polar surface area (TPSA) is 83.6 Å². The minimum Gasteiger partial charge on any atom is -0.472 e. The molecule has 7 heteroatoms. The predicted octanol–water partition coefficient (Wildman–Crippen LogP) is 3.36. The normalized spacial score (nSPS) is 49.8. The van der Waals surface area contributed by atoms with Gasteiger partial charge >= 0.3 is 11.9 Å². The van der Waals surface area contributed by atoms with Crippen LogP contribution < -0.4 is 0 Å². The van der Waals surface area contributed by atoms with Crippen LogP contribution in [0.4, 0.5) is 0 Å². The van der Waals surface area contributed by atoms with Crippen molar-refractivity contribution in [2.45, 2.75) is 83.9 Å². The van der Waals surface area contributed by atoms with Crippen LogP contribution in [0.2, 0.25) is 0 Å². The molecular formula is C24H34O7. The molecule has 2 saturated carbocycles. The lowest BCUT2D eigenvalue weighted by Crippen LogP contribution is -2.69. The number of carbonyl (C=O) groups is 2. The van der Waals surface area contributed by atoms with Gasteiger partial charge in [0.2, 0.25) is 6.29 Å². The highest BCUT2D eigenvalue weighted by molar-refractivity contribution is 5.67. The van der Waals surface area contributed by atoms with Gasteiger partial charge in [-0.15, -0.1) is 0 Å². The largest absolute Gasteiger partial charge is 0.472 e. The van der Waals surface area contributed by atoms with Gasteiger partial charge in [-0.3, -0.25) is 9.59 Å². The summed E-state index contributed by atoms with van der Waals surface area (Å²) in [5.74, 6) is 0.0539. The molecule has 2 saturated heterocycles. The van der Waals surface area contributed by atoms with Gasteiger partial charge in [0.25, 0.3) is 0 Å². The Balaban J connectivity index is 1.58. The van der Waals surface area contributed by atoms with E-state index in [1.54, 1.807) is 6.26 Å². The van der Waals surface area contributed by atoms with Crippen LogP contribution in [0.5, 0.6) is 0 Å². The van der Waals surface area contributed by atoms with E-state index in [0.717, 1.165) is 25.7 Å². The molecule has 0 N–H and O–H groups in total. The minimum absolute atomic E-state index is 0.0244. The highest BCUT2D eigenvalue weighted by Crippen LogP contribution is 2.70. The molecule has 0 aromatic rings. The summed E-state index contributed by atoms with van der Waals surface area (Å²) in [4.78, 5) is 24.0. The van der Waals surface area contributed by atoms with E-state index in [2.05, 4.69) is 19.9 Å². The Labute approximate surface area is 183 Å². The zero-order chi connectivity index (χ0) is 22.0. The predicted molar refractivity (Wildman–Crippen MR) is 110 cm³/mol. The van der Waals surface area contributed by atoms with Crippen LogP contribution in [0.3, 0.4) is 0 Å². The smallest absolute Gasteiger partial charge is 0.302 e. The van der Waals surface area contributed by atoms with Crippen molar-refractivity contribution in [1.82, 2.24) is 0 Å². The quantitative estimate of drug-likeness (QED) is 0.496. The third-order valence-corrected chi connectivity index (χ3v) is 9.18. The maximum absolute atomic E-state index is 12.1. The Morgan fingerprint density at radius 1 is 1.19 bits per heavy atom. The zero-order valence-electron chi connectivity index (χ0n) is 18.9. The van der Waals surface area contributed by atoms with Gasteiger partial charge in [-0.05, 0) is 43.6 Å². The third-order valence-electron chi connectivity index (χ3n) is 9.18.